The van der Waals surface area contributed by atoms with Crippen molar-refractivity contribution in [2.24, 2.45) is 5.41 Å². The molecule has 0 aliphatic carbocycles. The van der Waals surface area contributed by atoms with Crippen molar-refractivity contribution in [2.45, 2.75) is 51.7 Å². The number of hydrogen-bond acceptors (Lipinski definition) is 4. The molecule has 0 aromatic carbocycles. The zero-order chi connectivity index (χ0) is 16.1. The third-order valence-corrected chi connectivity index (χ3v) is 4.18. The number of carbonyl (C=O) groups is 1. The lowest BCUT2D eigenvalue weighted by Gasteiger charge is -2.24. The van der Waals surface area contributed by atoms with Crippen molar-refractivity contribution in [1.29, 1.82) is 0 Å². The molecule has 6 heteroatoms. The van der Waals surface area contributed by atoms with Crippen LogP contribution in [0.15, 0.2) is 17.6 Å². The highest BCUT2D eigenvalue weighted by Gasteiger charge is 2.20. The van der Waals surface area contributed by atoms with Crippen LogP contribution in [0.3, 0.4) is 0 Å². The molecule has 0 atom stereocenters. The minimum Gasteiger partial charge on any atom is -0.396 e. The van der Waals surface area contributed by atoms with Crippen LogP contribution in [-0.2, 0) is 10.3 Å². The summed E-state index contributed by atoms with van der Waals surface area (Å²) in [5.74, 6) is 0.344. The highest BCUT2D eigenvalue weighted by atomic mass is 32.2. The number of aliphatic hydroxyl groups excluding tert-OH is 1. The van der Waals surface area contributed by atoms with Gasteiger partial charge in [0.1, 0.15) is 0 Å². The van der Waals surface area contributed by atoms with Crippen LogP contribution >= 0.6 is 11.8 Å². The van der Waals surface area contributed by atoms with E-state index < -0.39 is 0 Å². The first-order valence-corrected chi connectivity index (χ1v) is 8.18. The average molecular weight is 313 g/mol. The van der Waals surface area contributed by atoms with Crippen molar-refractivity contribution < 1.29 is 9.90 Å². The Labute approximate surface area is 131 Å². The summed E-state index contributed by atoms with van der Waals surface area (Å²) >= 11 is 1.44. The number of rotatable bonds is 7. The van der Waals surface area contributed by atoms with Gasteiger partial charge >= 0.3 is 0 Å². The lowest BCUT2D eigenvalue weighted by atomic mass is 9.90. The molecule has 1 amide bonds. The molecule has 0 unspecified atom stereocenters. The fourth-order valence-electron chi connectivity index (χ4n) is 1.82. The number of imidazole rings is 1. The van der Waals surface area contributed by atoms with Crippen LogP contribution in [0.2, 0.25) is 0 Å². The van der Waals surface area contributed by atoms with Gasteiger partial charge in [0.15, 0.2) is 5.16 Å². The predicted molar refractivity (Wildman–Crippen MR) is 86.4 cm³/mol. The van der Waals surface area contributed by atoms with Gasteiger partial charge in [-0.1, -0.05) is 25.6 Å². The summed E-state index contributed by atoms with van der Waals surface area (Å²) in [5, 5.41) is 12.7. The maximum atomic E-state index is 11.9. The maximum Gasteiger partial charge on any atom is 0.230 e. The van der Waals surface area contributed by atoms with E-state index in [0.29, 0.717) is 18.7 Å². The molecule has 5 nitrogen and oxygen atoms in total. The van der Waals surface area contributed by atoms with E-state index in [1.165, 1.54) is 11.8 Å². The minimum absolute atomic E-state index is 0.00512. The average Bonchev–Trinajstić information content (AvgIpc) is 2.82. The second-order valence-electron chi connectivity index (χ2n) is 6.95. The number of amides is 1. The van der Waals surface area contributed by atoms with Crippen LogP contribution in [0.1, 0.15) is 41.0 Å². The Morgan fingerprint density at radius 3 is 2.62 bits per heavy atom. The quantitative estimate of drug-likeness (QED) is 0.758. The largest absolute Gasteiger partial charge is 0.396 e. The highest BCUT2D eigenvalue weighted by molar-refractivity contribution is 7.99. The molecular weight excluding hydrogens is 286 g/mol. The molecule has 1 heterocycles. The number of nitrogens with one attached hydrogen (secondary N) is 1. The van der Waals surface area contributed by atoms with Crippen molar-refractivity contribution in [1.82, 2.24) is 14.9 Å². The van der Waals surface area contributed by atoms with Crippen LogP contribution in [0.4, 0.5) is 0 Å². The second-order valence-corrected chi connectivity index (χ2v) is 7.90. The monoisotopic (exact) mass is 313 g/mol. The van der Waals surface area contributed by atoms with Crippen LogP contribution in [-0.4, -0.2) is 39.5 Å². The van der Waals surface area contributed by atoms with Gasteiger partial charge in [-0.05, 0) is 32.6 Å². The highest BCUT2D eigenvalue weighted by Crippen LogP contribution is 2.23. The van der Waals surface area contributed by atoms with Crippen LogP contribution < -0.4 is 5.32 Å². The molecule has 120 valence electrons. The van der Waals surface area contributed by atoms with E-state index >= 15 is 0 Å². The second kappa shape index (κ2) is 7.31. The third kappa shape index (κ3) is 6.09. The Balaban J connectivity index is 2.46. The van der Waals surface area contributed by atoms with E-state index in [2.05, 4.69) is 35.6 Å². The van der Waals surface area contributed by atoms with Crippen molar-refractivity contribution in [3.05, 3.63) is 12.4 Å². The number of aliphatic hydroxyl groups is 1. The van der Waals surface area contributed by atoms with Gasteiger partial charge in [0.25, 0.3) is 0 Å². The minimum atomic E-state index is -0.0844. The fraction of sp³-hybridized carbons (Fsp3) is 0.733. The van der Waals surface area contributed by atoms with E-state index in [1.807, 2.05) is 20.0 Å². The lowest BCUT2D eigenvalue weighted by molar-refractivity contribution is -0.119. The lowest BCUT2D eigenvalue weighted by Crippen LogP contribution is -2.35. The normalized spacial score (nSPS) is 12.5. The molecule has 0 saturated heterocycles. The van der Waals surface area contributed by atoms with E-state index in [-0.39, 0.29) is 23.5 Å². The fourth-order valence-corrected chi connectivity index (χ4v) is 2.79. The molecule has 2 N–H and O–H groups in total. The summed E-state index contributed by atoms with van der Waals surface area (Å²) in [5.41, 5.74) is -0.128. The first-order chi connectivity index (χ1) is 9.65. The summed E-state index contributed by atoms with van der Waals surface area (Å²) in [6.45, 7) is 11.1. The topological polar surface area (TPSA) is 67.2 Å². The molecule has 1 rings (SSSR count). The summed E-state index contributed by atoms with van der Waals surface area (Å²) in [4.78, 5) is 16.2. The maximum absolute atomic E-state index is 11.9. The van der Waals surface area contributed by atoms with E-state index in [4.69, 9.17) is 5.11 Å². The Morgan fingerprint density at radius 2 is 2.05 bits per heavy atom. The van der Waals surface area contributed by atoms with Crippen molar-refractivity contribution in [3.63, 3.8) is 0 Å². The van der Waals surface area contributed by atoms with E-state index in [0.717, 1.165) is 5.16 Å². The molecule has 0 aliphatic heterocycles. The van der Waals surface area contributed by atoms with Gasteiger partial charge in [-0.25, -0.2) is 4.98 Å². The van der Waals surface area contributed by atoms with E-state index in [1.54, 1.807) is 6.20 Å². The molecule has 0 radical (unpaired) electrons. The smallest absolute Gasteiger partial charge is 0.230 e. The standard InChI is InChI=1S/C15H27N3O2S/c1-14(2,3)18-8-7-16-13(18)21-10-12(20)17-11-15(4,5)6-9-19/h7-8,19H,6,9-11H2,1-5H3,(H,17,20). The van der Waals surface area contributed by atoms with E-state index in [9.17, 15) is 4.79 Å². The number of thioether (sulfide) groups is 1. The molecule has 0 saturated carbocycles. The van der Waals surface area contributed by atoms with Crippen molar-refractivity contribution >= 4 is 17.7 Å². The molecular formula is C15H27N3O2S. The van der Waals surface area contributed by atoms with Crippen molar-refractivity contribution in [2.75, 3.05) is 18.9 Å². The Morgan fingerprint density at radius 1 is 1.38 bits per heavy atom. The Hall–Kier alpha value is -1.01. The summed E-state index contributed by atoms with van der Waals surface area (Å²) in [6, 6.07) is 0. The van der Waals surface area contributed by atoms with Crippen LogP contribution in [0.5, 0.6) is 0 Å². The molecule has 0 spiro atoms. The first-order valence-electron chi connectivity index (χ1n) is 7.20. The molecule has 0 bridgehead atoms. The SMILES string of the molecule is CC(C)(CCO)CNC(=O)CSc1nccn1C(C)(C)C. The van der Waals surface area contributed by atoms with Gasteiger partial charge in [-0.3, -0.25) is 4.79 Å². The first kappa shape index (κ1) is 18.0. The number of aromatic nitrogens is 2. The Bertz CT molecular complexity index is 464. The van der Waals surface area contributed by atoms with Crippen LogP contribution in [0, 0.1) is 5.41 Å². The molecule has 0 aliphatic rings. The molecule has 21 heavy (non-hydrogen) atoms. The number of nitrogens with zero attached hydrogens (tertiary/aromatic N) is 2. The third-order valence-electron chi connectivity index (χ3n) is 3.21. The van der Waals surface area contributed by atoms with Gasteiger partial charge in [-0.2, -0.15) is 0 Å². The molecule has 0 fully saturated rings. The summed E-state index contributed by atoms with van der Waals surface area (Å²) in [6.07, 6.45) is 4.37. The Kier molecular flexibility index (Phi) is 6.28. The van der Waals surface area contributed by atoms with Gasteiger partial charge < -0.3 is 15.0 Å². The van der Waals surface area contributed by atoms with Gasteiger partial charge in [-0.15, -0.1) is 0 Å². The van der Waals surface area contributed by atoms with Gasteiger partial charge in [0, 0.05) is 31.1 Å². The van der Waals surface area contributed by atoms with Gasteiger partial charge in [0.05, 0.1) is 5.75 Å². The zero-order valence-electron chi connectivity index (χ0n) is 13.6. The van der Waals surface area contributed by atoms with Crippen molar-refractivity contribution in [3.8, 4) is 0 Å². The predicted octanol–water partition coefficient (Wildman–Crippen LogP) is 2.25. The molecule has 1 aromatic heterocycles. The van der Waals surface area contributed by atoms with Crippen LogP contribution in [0.25, 0.3) is 0 Å². The zero-order valence-corrected chi connectivity index (χ0v) is 14.5. The van der Waals surface area contributed by atoms with Gasteiger partial charge in [0.2, 0.25) is 5.91 Å². The number of hydrogen-bond donors (Lipinski definition) is 2. The summed E-state index contributed by atoms with van der Waals surface area (Å²) < 4.78 is 2.07. The molecule has 1 aromatic rings. The number of carbonyl (C=O) groups excluding carboxylic acids is 1. The summed E-state index contributed by atoms with van der Waals surface area (Å²) in [7, 11) is 0.